The lowest BCUT2D eigenvalue weighted by Gasteiger charge is -2.19. The van der Waals surface area contributed by atoms with Crippen molar-refractivity contribution in [2.24, 2.45) is 5.92 Å². The van der Waals surface area contributed by atoms with Gasteiger partial charge in [-0.3, -0.25) is 0 Å². The fraction of sp³-hybridized carbons (Fsp3) is 0.333. The Hall–Kier alpha value is -1.50. The molecule has 84 valence electrons. The third kappa shape index (κ3) is 2.35. The van der Waals surface area contributed by atoms with Crippen molar-refractivity contribution in [2.45, 2.75) is 26.8 Å². The highest BCUT2D eigenvalue weighted by molar-refractivity contribution is 5.85. The van der Waals surface area contributed by atoms with Gasteiger partial charge in [-0.15, -0.1) is 0 Å². The SMILES string of the molecule is CC(C)C(C)Nc1ccc2ccccc2c1. The molecule has 16 heavy (non-hydrogen) atoms. The lowest BCUT2D eigenvalue weighted by atomic mass is 10.1. The van der Waals surface area contributed by atoms with Crippen LogP contribution in [-0.2, 0) is 0 Å². The molecule has 1 unspecified atom stereocenters. The van der Waals surface area contributed by atoms with Crippen molar-refractivity contribution < 1.29 is 0 Å². The second-order valence-corrected chi connectivity index (χ2v) is 4.74. The van der Waals surface area contributed by atoms with Gasteiger partial charge in [0.2, 0.25) is 0 Å². The average Bonchev–Trinajstić information content (AvgIpc) is 2.28. The van der Waals surface area contributed by atoms with Crippen LogP contribution in [0.15, 0.2) is 42.5 Å². The Labute approximate surface area is 97.5 Å². The van der Waals surface area contributed by atoms with Crippen LogP contribution in [0.5, 0.6) is 0 Å². The zero-order chi connectivity index (χ0) is 11.5. The number of rotatable bonds is 3. The van der Waals surface area contributed by atoms with Crippen molar-refractivity contribution in [3.8, 4) is 0 Å². The highest BCUT2D eigenvalue weighted by Crippen LogP contribution is 2.20. The summed E-state index contributed by atoms with van der Waals surface area (Å²) >= 11 is 0. The largest absolute Gasteiger partial charge is 0.382 e. The van der Waals surface area contributed by atoms with Crippen LogP contribution in [0.1, 0.15) is 20.8 Å². The van der Waals surface area contributed by atoms with Gasteiger partial charge < -0.3 is 5.32 Å². The first kappa shape index (κ1) is 11.0. The van der Waals surface area contributed by atoms with E-state index in [9.17, 15) is 0 Å². The predicted molar refractivity (Wildman–Crippen MR) is 71.9 cm³/mol. The molecule has 0 radical (unpaired) electrons. The molecular formula is C15H19N. The predicted octanol–water partition coefficient (Wildman–Crippen LogP) is 4.30. The normalized spacial score (nSPS) is 13.0. The number of fused-ring (bicyclic) bond motifs is 1. The van der Waals surface area contributed by atoms with E-state index >= 15 is 0 Å². The van der Waals surface area contributed by atoms with Crippen LogP contribution in [0.3, 0.4) is 0 Å². The van der Waals surface area contributed by atoms with Crippen LogP contribution in [0.2, 0.25) is 0 Å². The van der Waals surface area contributed by atoms with Crippen molar-refractivity contribution in [1.82, 2.24) is 0 Å². The third-order valence-electron chi connectivity index (χ3n) is 3.14. The van der Waals surface area contributed by atoms with E-state index in [2.05, 4.69) is 68.6 Å². The van der Waals surface area contributed by atoms with E-state index in [0.29, 0.717) is 12.0 Å². The fourth-order valence-corrected chi connectivity index (χ4v) is 1.71. The van der Waals surface area contributed by atoms with Crippen molar-refractivity contribution in [3.05, 3.63) is 42.5 Å². The first-order chi connectivity index (χ1) is 7.66. The van der Waals surface area contributed by atoms with Gasteiger partial charge in [0.15, 0.2) is 0 Å². The van der Waals surface area contributed by atoms with Crippen molar-refractivity contribution in [1.29, 1.82) is 0 Å². The highest BCUT2D eigenvalue weighted by Gasteiger charge is 2.06. The standard InChI is InChI=1S/C15H19N/c1-11(2)12(3)16-15-9-8-13-6-4-5-7-14(13)10-15/h4-12,16H,1-3H3. The number of benzene rings is 2. The maximum atomic E-state index is 3.53. The summed E-state index contributed by atoms with van der Waals surface area (Å²) in [6.45, 7) is 6.69. The van der Waals surface area contributed by atoms with E-state index in [-0.39, 0.29) is 0 Å². The highest BCUT2D eigenvalue weighted by atomic mass is 14.9. The maximum Gasteiger partial charge on any atom is 0.0348 e. The van der Waals surface area contributed by atoms with Gasteiger partial charge in [-0.05, 0) is 35.7 Å². The molecule has 0 aliphatic heterocycles. The molecule has 0 aromatic heterocycles. The average molecular weight is 213 g/mol. The summed E-state index contributed by atoms with van der Waals surface area (Å²) in [6, 6.07) is 15.5. The Balaban J connectivity index is 2.26. The fourth-order valence-electron chi connectivity index (χ4n) is 1.71. The van der Waals surface area contributed by atoms with E-state index in [1.165, 1.54) is 16.5 Å². The molecule has 0 aliphatic rings. The molecule has 0 amide bonds. The van der Waals surface area contributed by atoms with Crippen molar-refractivity contribution >= 4 is 16.5 Å². The van der Waals surface area contributed by atoms with E-state index in [1.807, 2.05) is 0 Å². The molecule has 0 saturated carbocycles. The van der Waals surface area contributed by atoms with Crippen molar-refractivity contribution in [2.75, 3.05) is 5.32 Å². The quantitative estimate of drug-likeness (QED) is 0.801. The third-order valence-corrected chi connectivity index (χ3v) is 3.14. The molecule has 2 aromatic carbocycles. The second-order valence-electron chi connectivity index (χ2n) is 4.74. The van der Waals surface area contributed by atoms with Crippen LogP contribution < -0.4 is 5.32 Å². The van der Waals surface area contributed by atoms with Crippen molar-refractivity contribution in [3.63, 3.8) is 0 Å². The van der Waals surface area contributed by atoms with Crippen LogP contribution in [0, 0.1) is 5.92 Å². The summed E-state index contributed by atoms with van der Waals surface area (Å²) in [5.41, 5.74) is 1.21. The molecule has 0 bridgehead atoms. The Morgan fingerprint density at radius 3 is 2.25 bits per heavy atom. The van der Waals surface area contributed by atoms with Gasteiger partial charge >= 0.3 is 0 Å². The molecule has 0 aliphatic carbocycles. The molecule has 1 heteroatoms. The molecule has 1 N–H and O–H groups in total. The van der Waals surface area contributed by atoms with Gasteiger partial charge in [0, 0.05) is 11.7 Å². The Kier molecular flexibility index (Phi) is 3.14. The van der Waals surface area contributed by atoms with Crippen LogP contribution in [0.4, 0.5) is 5.69 Å². The molecule has 0 saturated heterocycles. The first-order valence-corrected chi connectivity index (χ1v) is 5.92. The molecule has 1 nitrogen and oxygen atoms in total. The number of nitrogens with one attached hydrogen (secondary N) is 1. The van der Waals surface area contributed by atoms with Crippen LogP contribution in [0.25, 0.3) is 10.8 Å². The van der Waals surface area contributed by atoms with E-state index < -0.39 is 0 Å². The van der Waals surface area contributed by atoms with E-state index in [4.69, 9.17) is 0 Å². The second kappa shape index (κ2) is 4.56. The first-order valence-electron chi connectivity index (χ1n) is 5.92. The van der Waals surface area contributed by atoms with Crippen LogP contribution >= 0.6 is 0 Å². The molecule has 2 aromatic rings. The summed E-state index contributed by atoms with van der Waals surface area (Å²) in [5, 5.41) is 6.12. The molecule has 0 spiro atoms. The number of hydrogen-bond donors (Lipinski definition) is 1. The zero-order valence-electron chi connectivity index (χ0n) is 10.2. The van der Waals surface area contributed by atoms with Gasteiger partial charge in [-0.2, -0.15) is 0 Å². The molecular weight excluding hydrogens is 194 g/mol. The monoisotopic (exact) mass is 213 g/mol. The zero-order valence-corrected chi connectivity index (χ0v) is 10.2. The lowest BCUT2D eigenvalue weighted by molar-refractivity contribution is 0.560. The Morgan fingerprint density at radius 2 is 1.56 bits per heavy atom. The van der Waals surface area contributed by atoms with Crippen LogP contribution in [-0.4, -0.2) is 6.04 Å². The van der Waals surface area contributed by atoms with Gasteiger partial charge in [-0.1, -0.05) is 44.2 Å². The summed E-state index contributed by atoms with van der Waals surface area (Å²) in [6.07, 6.45) is 0. The lowest BCUT2D eigenvalue weighted by Crippen LogP contribution is -2.21. The van der Waals surface area contributed by atoms with Gasteiger partial charge in [0.05, 0.1) is 0 Å². The minimum Gasteiger partial charge on any atom is -0.382 e. The van der Waals surface area contributed by atoms with Gasteiger partial charge in [0.1, 0.15) is 0 Å². The maximum absolute atomic E-state index is 3.53. The van der Waals surface area contributed by atoms with Gasteiger partial charge in [0.25, 0.3) is 0 Å². The number of hydrogen-bond acceptors (Lipinski definition) is 1. The molecule has 0 fully saturated rings. The summed E-state index contributed by atoms with van der Waals surface area (Å²) in [4.78, 5) is 0. The number of anilines is 1. The molecule has 2 rings (SSSR count). The Bertz CT molecular complexity index is 474. The topological polar surface area (TPSA) is 12.0 Å². The minimum atomic E-state index is 0.501. The summed E-state index contributed by atoms with van der Waals surface area (Å²) in [5.74, 6) is 0.645. The molecule has 1 atom stereocenters. The smallest absolute Gasteiger partial charge is 0.0348 e. The van der Waals surface area contributed by atoms with E-state index in [0.717, 1.165) is 0 Å². The molecule has 0 heterocycles. The van der Waals surface area contributed by atoms with Gasteiger partial charge in [-0.25, -0.2) is 0 Å². The summed E-state index contributed by atoms with van der Waals surface area (Å²) < 4.78 is 0. The van der Waals surface area contributed by atoms with E-state index in [1.54, 1.807) is 0 Å². The Morgan fingerprint density at radius 1 is 0.875 bits per heavy atom. The summed E-state index contributed by atoms with van der Waals surface area (Å²) in [7, 11) is 0. The minimum absolute atomic E-state index is 0.501.